The Morgan fingerprint density at radius 1 is 0.938 bits per heavy atom. The third-order valence-corrected chi connectivity index (χ3v) is 3.88. The van der Waals surface area contributed by atoms with Crippen LogP contribution in [0, 0.1) is 27.7 Å². The van der Waals surface area contributed by atoms with Gasteiger partial charge in [-0.25, -0.2) is 8.42 Å². The van der Waals surface area contributed by atoms with Gasteiger partial charge in [-0.2, -0.15) is 0 Å². The molecule has 1 aromatic rings. The quantitative estimate of drug-likeness (QED) is 0.489. The van der Waals surface area contributed by atoms with E-state index in [2.05, 4.69) is 0 Å². The number of phenols is 1. The minimum absolute atomic E-state index is 0. The summed E-state index contributed by atoms with van der Waals surface area (Å²) in [7, 11) is -4.49. The van der Waals surface area contributed by atoms with Gasteiger partial charge >= 0.3 is 29.6 Å². The molecule has 0 unspecified atom stereocenters. The molecule has 6 heteroatoms. The molecule has 0 aliphatic rings. The molecule has 4 nitrogen and oxygen atoms in total. The van der Waals surface area contributed by atoms with Crippen LogP contribution in [0.4, 0.5) is 0 Å². The first-order valence-electron chi connectivity index (χ1n) is 4.43. The molecule has 84 valence electrons. The summed E-state index contributed by atoms with van der Waals surface area (Å²) < 4.78 is 33.2. The molecule has 0 atom stereocenters. The maximum absolute atomic E-state index is 11.1. The van der Waals surface area contributed by atoms with E-state index in [-0.39, 0.29) is 40.2 Å². The number of rotatable bonds is 1. The SMILES string of the molecule is Cc1c(C)c(S(=O)(=O)[O-])c(C)c(C)c1O.[Na+]. The van der Waals surface area contributed by atoms with Crippen molar-refractivity contribution < 1.29 is 47.6 Å². The Morgan fingerprint density at radius 3 is 1.50 bits per heavy atom. The molecule has 0 spiro atoms. The predicted molar refractivity (Wildman–Crippen MR) is 55.0 cm³/mol. The monoisotopic (exact) mass is 252 g/mol. The number of phenolic OH excluding ortho intramolecular Hbond substituents is 1. The average molecular weight is 252 g/mol. The molecule has 1 rings (SSSR count). The van der Waals surface area contributed by atoms with Gasteiger partial charge in [0, 0.05) is 0 Å². The molecule has 1 N–H and O–H groups in total. The third kappa shape index (κ3) is 2.60. The van der Waals surface area contributed by atoms with Crippen molar-refractivity contribution in [1.82, 2.24) is 0 Å². The zero-order valence-electron chi connectivity index (χ0n) is 10.1. The van der Waals surface area contributed by atoms with Gasteiger partial charge in [0.25, 0.3) is 0 Å². The van der Waals surface area contributed by atoms with E-state index in [0.717, 1.165) is 0 Å². The Labute approximate surface area is 118 Å². The zero-order valence-corrected chi connectivity index (χ0v) is 12.9. The van der Waals surface area contributed by atoms with Crippen molar-refractivity contribution in [2.45, 2.75) is 32.6 Å². The molecule has 0 aromatic heterocycles. The molecule has 0 aliphatic carbocycles. The topological polar surface area (TPSA) is 77.4 Å². The van der Waals surface area contributed by atoms with E-state index in [4.69, 9.17) is 0 Å². The van der Waals surface area contributed by atoms with E-state index in [1.165, 1.54) is 13.8 Å². The number of hydrogen-bond donors (Lipinski definition) is 1. The second kappa shape index (κ2) is 5.06. The molecule has 0 bridgehead atoms. The molecule has 16 heavy (non-hydrogen) atoms. The number of hydrogen-bond acceptors (Lipinski definition) is 4. The van der Waals surface area contributed by atoms with E-state index in [1.807, 2.05) is 0 Å². The van der Waals surface area contributed by atoms with Gasteiger partial charge in [-0.1, -0.05) is 0 Å². The van der Waals surface area contributed by atoms with Crippen LogP contribution in [-0.2, 0) is 10.1 Å². The summed E-state index contributed by atoms with van der Waals surface area (Å²) in [6, 6.07) is 0. The summed E-state index contributed by atoms with van der Waals surface area (Å²) in [6.07, 6.45) is 0. The molecule has 0 aliphatic heterocycles. The predicted octanol–water partition coefficient (Wildman–Crippen LogP) is -1.47. The van der Waals surface area contributed by atoms with Crippen molar-refractivity contribution in [2.24, 2.45) is 0 Å². The van der Waals surface area contributed by atoms with Crippen molar-refractivity contribution in [2.75, 3.05) is 0 Å². The van der Waals surface area contributed by atoms with E-state index in [1.54, 1.807) is 13.8 Å². The number of benzene rings is 1. The van der Waals surface area contributed by atoms with E-state index < -0.39 is 10.1 Å². The van der Waals surface area contributed by atoms with Crippen LogP contribution < -0.4 is 29.6 Å². The Hall–Kier alpha value is -0.0700. The first-order chi connectivity index (χ1) is 6.68. The first kappa shape index (κ1) is 15.9. The summed E-state index contributed by atoms with van der Waals surface area (Å²) in [6.45, 7) is 6.22. The van der Waals surface area contributed by atoms with Crippen molar-refractivity contribution >= 4 is 10.1 Å². The maximum Gasteiger partial charge on any atom is 1.00 e. The van der Waals surface area contributed by atoms with Crippen LogP contribution in [0.15, 0.2) is 4.90 Å². The van der Waals surface area contributed by atoms with Gasteiger partial charge in [0.05, 0.1) is 4.90 Å². The summed E-state index contributed by atoms with van der Waals surface area (Å²) in [5, 5.41) is 9.66. The van der Waals surface area contributed by atoms with Crippen LogP contribution in [0.2, 0.25) is 0 Å². The number of aromatic hydroxyl groups is 1. The van der Waals surface area contributed by atoms with Gasteiger partial charge in [0.1, 0.15) is 15.9 Å². The van der Waals surface area contributed by atoms with Crippen molar-refractivity contribution in [1.29, 1.82) is 0 Å². The van der Waals surface area contributed by atoms with Crippen LogP contribution >= 0.6 is 0 Å². The fourth-order valence-corrected chi connectivity index (χ4v) is 2.69. The van der Waals surface area contributed by atoms with Crippen molar-refractivity contribution in [3.05, 3.63) is 22.3 Å². The van der Waals surface area contributed by atoms with Gasteiger partial charge in [0.2, 0.25) is 0 Å². The maximum atomic E-state index is 11.1. The molecule has 0 saturated heterocycles. The fraction of sp³-hybridized carbons (Fsp3) is 0.400. The largest absolute Gasteiger partial charge is 1.00 e. The fourth-order valence-electron chi connectivity index (χ4n) is 1.63. The Balaban J connectivity index is 0.00000225. The Morgan fingerprint density at radius 2 is 1.25 bits per heavy atom. The molecule has 0 amide bonds. The van der Waals surface area contributed by atoms with Gasteiger partial charge < -0.3 is 9.66 Å². The summed E-state index contributed by atoms with van der Waals surface area (Å²) in [4.78, 5) is -0.213. The van der Waals surface area contributed by atoms with Crippen LogP contribution in [0.25, 0.3) is 0 Å². The Kier molecular flexibility index (Phi) is 5.04. The minimum atomic E-state index is -4.49. The third-order valence-electron chi connectivity index (χ3n) is 2.77. The molecule has 1 aromatic carbocycles. The standard InChI is InChI=1S/C10H14O4S.Na/c1-5-7(3)10(15(12,13)14)8(4)6(2)9(5)11;/h11H,1-4H3,(H,12,13,14);/q;+1/p-1. The van der Waals surface area contributed by atoms with Crippen LogP contribution in [0.1, 0.15) is 22.3 Å². The Bertz CT molecular complexity index is 491. The molecular formula is C10H13NaO4S. The smallest absolute Gasteiger partial charge is 0.744 e. The van der Waals surface area contributed by atoms with Crippen molar-refractivity contribution in [3.63, 3.8) is 0 Å². The van der Waals surface area contributed by atoms with Gasteiger partial charge in [0.15, 0.2) is 0 Å². The van der Waals surface area contributed by atoms with Gasteiger partial charge in [-0.15, -0.1) is 0 Å². The normalized spacial score (nSPS) is 11.1. The van der Waals surface area contributed by atoms with E-state index in [9.17, 15) is 18.1 Å². The summed E-state index contributed by atoms with van der Waals surface area (Å²) in [5.41, 5.74) is 1.52. The van der Waals surface area contributed by atoms with E-state index in [0.29, 0.717) is 22.3 Å². The summed E-state index contributed by atoms with van der Waals surface area (Å²) >= 11 is 0. The second-order valence-corrected chi connectivity index (χ2v) is 4.95. The van der Waals surface area contributed by atoms with Gasteiger partial charge in [-0.3, -0.25) is 0 Å². The minimum Gasteiger partial charge on any atom is -0.744 e. The summed E-state index contributed by atoms with van der Waals surface area (Å²) in [5.74, 6) is 0.0531. The molecular weight excluding hydrogens is 239 g/mol. The van der Waals surface area contributed by atoms with Crippen LogP contribution in [0.3, 0.4) is 0 Å². The van der Waals surface area contributed by atoms with Gasteiger partial charge in [-0.05, 0) is 49.9 Å². The molecule has 0 heterocycles. The van der Waals surface area contributed by atoms with Crippen molar-refractivity contribution in [3.8, 4) is 5.75 Å². The molecule has 0 radical (unpaired) electrons. The van der Waals surface area contributed by atoms with Crippen LogP contribution in [-0.4, -0.2) is 18.1 Å². The molecule has 0 fully saturated rings. The van der Waals surface area contributed by atoms with Crippen LogP contribution in [0.5, 0.6) is 5.75 Å². The molecule has 0 saturated carbocycles. The van der Waals surface area contributed by atoms with E-state index >= 15 is 0 Å². The zero-order chi connectivity index (χ0) is 12.0. The first-order valence-corrected chi connectivity index (χ1v) is 5.84. The second-order valence-electron chi connectivity index (χ2n) is 3.63. The average Bonchev–Trinajstić information content (AvgIpc) is 2.09.